The highest BCUT2D eigenvalue weighted by molar-refractivity contribution is 7.80. The number of carbonyl (C=O) groups is 2. The van der Waals surface area contributed by atoms with Gasteiger partial charge in [0.2, 0.25) is 0 Å². The number of Topliss-reactive ketones (excluding diaryl/α,β-unsaturated/α-hetero) is 1. The average molecular weight is 404 g/mol. The van der Waals surface area contributed by atoms with E-state index in [2.05, 4.69) is 10.4 Å². The molecule has 4 rings (SSSR count). The first-order valence-corrected chi connectivity index (χ1v) is 10.1. The highest BCUT2D eigenvalue weighted by Crippen LogP contribution is 2.25. The van der Waals surface area contributed by atoms with Crippen LogP contribution in [-0.4, -0.2) is 26.5 Å². The zero-order valence-corrected chi connectivity index (χ0v) is 16.7. The summed E-state index contributed by atoms with van der Waals surface area (Å²) in [4.78, 5) is 25.6. The minimum atomic E-state index is -0.368. The van der Waals surface area contributed by atoms with Crippen LogP contribution in [0.2, 0.25) is 0 Å². The minimum absolute atomic E-state index is 0.116. The molecule has 146 valence electrons. The molecule has 1 fully saturated rings. The van der Waals surface area contributed by atoms with Gasteiger partial charge in [0.1, 0.15) is 11.5 Å². The Hall–Kier alpha value is -3.12. The molecule has 1 N–H and O–H groups in total. The maximum absolute atomic E-state index is 13.1. The summed E-state index contributed by atoms with van der Waals surface area (Å²) in [6.07, 6.45) is 4.79. The van der Waals surface area contributed by atoms with E-state index in [1.54, 1.807) is 10.9 Å². The van der Waals surface area contributed by atoms with Gasteiger partial charge in [0, 0.05) is 18.2 Å². The number of para-hydroxylation sites is 1. The number of amides is 1. The summed E-state index contributed by atoms with van der Waals surface area (Å²) in [5.41, 5.74) is 2.69. The predicted octanol–water partition coefficient (Wildman–Crippen LogP) is 4.36. The van der Waals surface area contributed by atoms with E-state index in [1.165, 1.54) is 0 Å². The van der Waals surface area contributed by atoms with Crippen LogP contribution in [-0.2, 0) is 4.79 Å². The standard InChI is InChI=1S/C23H21N3O2S/c27-20-14-8-7-13-18(20)23(29)24-22(28)19-15-26(17-11-5-2-6-12-17)25-21(19)16-9-3-1-4-10-16/h1-6,9-12,15,18H,7-8,13-14H2,(H,24,28,29)/t18-/m1/s1. The number of ketones is 1. The second kappa shape index (κ2) is 8.49. The molecule has 0 saturated heterocycles. The van der Waals surface area contributed by atoms with Crippen molar-refractivity contribution in [1.82, 2.24) is 15.1 Å². The third-order valence-corrected chi connectivity index (χ3v) is 5.52. The van der Waals surface area contributed by atoms with Crippen LogP contribution in [0.15, 0.2) is 66.9 Å². The predicted molar refractivity (Wildman–Crippen MR) is 116 cm³/mol. The maximum Gasteiger partial charge on any atom is 0.259 e. The van der Waals surface area contributed by atoms with Crippen LogP contribution < -0.4 is 5.32 Å². The normalized spacial score (nSPS) is 16.4. The largest absolute Gasteiger partial charge is 0.316 e. The van der Waals surface area contributed by atoms with E-state index in [1.807, 2.05) is 60.7 Å². The number of hydrogen-bond donors (Lipinski definition) is 1. The van der Waals surface area contributed by atoms with Crippen molar-refractivity contribution in [3.63, 3.8) is 0 Å². The Balaban J connectivity index is 1.66. The molecule has 1 aromatic heterocycles. The molecule has 0 spiro atoms. The van der Waals surface area contributed by atoms with Gasteiger partial charge in [-0.05, 0) is 25.0 Å². The van der Waals surface area contributed by atoms with Crippen LogP contribution in [0.4, 0.5) is 0 Å². The van der Waals surface area contributed by atoms with Gasteiger partial charge in [0.05, 0.1) is 22.2 Å². The molecule has 1 atom stereocenters. The maximum atomic E-state index is 13.1. The van der Waals surface area contributed by atoms with Crippen molar-refractivity contribution in [2.45, 2.75) is 25.7 Å². The zero-order chi connectivity index (χ0) is 20.2. The lowest BCUT2D eigenvalue weighted by molar-refractivity contribution is -0.122. The molecule has 5 nitrogen and oxygen atoms in total. The number of thiocarbonyl (C=S) groups is 1. The van der Waals surface area contributed by atoms with Crippen LogP contribution in [0.3, 0.4) is 0 Å². The molecule has 3 aromatic rings. The van der Waals surface area contributed by atoms with Gasteiger partial charge >= 0.3 is 0 Å². The molecular formula is C23H21N3O2S. The van der Waals surface area contributed by atoms with E-state index in [9.17, 15) is 9.59 Å². The average Bonchev–Trinajstić information content (AvgIpc) is 3.21. The Bertz CT molecular complexity index is 1040. The molecule has 1 saturated carbocycles. The highest BCUT2D eigenvalue weighted by atomic mass is 32.1. The summed E-state index contributed by atoms with van der Waals surface area (Å²) < 4.78 is 1.69. The first kappa shape index (κ1) is 19.2. The first-order valence-electron chi connectivity index (χ1n) is 9.72. The first-order chi connectivity index (χ1) is 14.1. The lowest BCUT2D eigenvalue weighted by Crippen LogP contribution is -2.39. The van der Waals surface area contributed by atoms with Gasteiger partial charge < -0.3 is 5.32 Å². The number of carbonyl (C=O) groups excluding carboxylic acids is 2. The Kier molecular flexibility index (Phi) is 5.62. The van der Waals surface area contributed by atoms with Crippen LogP contribution in [0.25, 0.3) is 16.9 Å². The number of nitrogens with zero attached hydrogens (tertiary/aromatic N) is 2. The van der Waals surface area contributed by atoms with E-state index in [0.717, 1.165) is 24.1 Å². The van der Waals surface area contributed by atoms with Gasteiger partial charge in [-0.25, -0.2) is 4.68 Å². The lowest BCUT2D eigenvalue weighted by atomic mass is 9.88. The quantitative estimate of drug-likeness (QED) is 0.658. The number of aromatic nitrogens is 2. The molecule has 6 heteroatoms. The van der Waals surface area contributed by atoms with Gasteiger partial charge in [-0.2, -0.15) is 5.10 Å². The molecule has 1 heterocycles. The topological polar surface area (TPSA) is 64.0 Å². The van der Waals surface area contributed by atoms with E-state index in [4.69, 9.17) is 12.2 Å². The van der Waals surface area contributed by atoms with Crippen LogP contribution in [0.1, 0.15) is 36.0 Å². The molecule has 0 unspecified atom stereocenters. The van der Waals surface area contributed by atoms with Gasteiger partial charge in [-0.15, -0.1) is 0 Å². The fraction of sp³-hybridized carbons (Fsp3) is 0.217. The number of rotatable bonds is 4. The minimum Gasteiger partial charge on any atom is -0.316 e. The summed E-state index contributed by atoms with van der Waals surface area (Å²) in [6, 6.07) is 19.2. The SMILES string of the molecule is O=C(NC(=S)[C@@H]1CCCCC1=O)c1cn(-c2ccccc2)nc1-c1ccccc1. The van der Waals surface area contributed by atoms with Gasteiger partial charge in [-0.1, -0.05) is 67.2 Å². The molecular weight excluding hydrogens is 382 g/mol. The summed E-state index contributed by atoms with van der Waals surface area (Å²) in [5, 5.41) is 7.44. The number of benzene rings is 2. The van der Waals surface area contributed by atoms with Crippen molar-refractivity contribution < 1.29 is 9.59 Å². The van der Waals surface area contributed by atoms with Crippen molar-refractivity contribution in [2.24, 2.45) is 5.92 Å². The molecule has 0 bridgehead atoms. The van der Waals surface area contributed by atoms with Crippen LogP contribution >= 0.6 is 12.2 Å². The molecule has 1 aliphatic rings. The monoisotopic (exact) mass is 403 g/mol. The Labute approximate surface area is 174 Å². The lowest BCUT2D eigenvalue weighted by Gasteiger charge is -2.21. The second-order valence-corrected chi connectivity index (χ2v) is 7.56. The molecule has 1 aliphatic carbocycles. The molecule has 29 heavy (non-hydrogen) atoms. The summed E-state index contributed by atoms with van der Waals surface area (Å²) in [5.74, 6) is -0.591. The van der Waals surface area contributed by atoms with Crippen molar-refractivity contribution in [3.05, 3.63) is 72.4 Å². The second-order valence-electron chi connectivity index (χ2n) is 7.12. The van der Waals surface area contributed by atoms with Crippen molar-refractivity contribution in [3.8, 4) is 16.9 Å². The van der Waals surface area contributed by atoms with Crippen molar-refractivity contribution in [1.29, 1.82) is 0 Å². The van der Waals surface area contributed by atoms with Crippen molar-refractivity contribution in [2.75, 3.05) is 0 Å². The zero-order valence-electron chi connectivity index (χ0n) is 15.9. The molecule has 0 aliphatic heterocycles. The summed E-state index contributed by atoms with van der Waals surface area (Å²) in [7, 11) is 0. The van der Waals surface area contributed by atoms with Crippen LogP contribution in [0.5, 0.6) is 0 Å². The fourth-order valence-corrected chi connectivity index (χ4v) is 3.93. The van der Waals surface area contributed by atoms with Crippen LogP contribution in [0, 0.1) is 5.92 Å². The number of nitrogens with one attached hydrogen (secondary N) is 1. The fourth-order valence-electron chi connectivity index (χ4n) is 3.59. The van der Waals surface area contributed by atoms with Gasteiger partial charge in [0.15, 0.2) is 0 Å². The van der Waals surface area contributed by atoms with E-state index in [-0.39, 0.29) is 17.6 Å². The summed E-state index contributed by atoms with van der Waals surface area (Å²) >= 11 is 5.41. The Morgan fingerprint density at radius 2 is 1.72 bits per heavy atom. The van der Waals surface area contributed by atoms with E-state index in [0.29, 0.717) is 29.1 Å². The van der Waals surface area contributed by atoms with E-state index >= 15 is 0 Å². The van der Waals surface area contributed by atoms with Gasteiger partial charge in [0.25, 0.3) is 5.91 Å². The summed E-state index contributed by atoms with van der Waals surface area (Å²) in [6.45, 7) is 0. The van der Waals surface area contributed by atoms with E-state index < -0.39 is 0 Å². The smallest absolute Gasteiger partial charge is 0.259 e. The number of hydrogen-bond acceptors (Lipinski definition) is 4. The molecule has 0 radical (unpaired) electrons. The molecule has 1 amide bonds. The van der Waals surface area contributed by atoms with Gasteiger partial charge in [-0.3, -0.25) is 9.59 Å². The third kappa shape index (κ3) is 4.17. The third-order valence-electron chi connectivity index (χ3n) is 5.13. The molecule has 2 aromatic carbocycles. The Morgan fingerprint density at radius 3 is 2.41 bits per heavy atom. The van der Waals surface area contributed by atoms with Crippen molar-refractivity contribution >= 4 is 28.9 Å². The Morgan fingerprint density at radius 1 is 1.03 bits per heavy atom. The highest BCUT2D eigenvalue weighted by Gasteiger charge is 2.28.